The molecular formula is C30H30N6O. The van der Waals surface area contributed by atoms with Crippen LogP contribution in [0.3, 0.4) is 0 Å². The quantitative estimate of drug-likeness (QED) is 0.357. The molecule has 2 N–H and O–H groups in total. The molecule has 1 aliphatic heterocycles. The number of nitrogen functional groups attached to an aromatic ring is 1. The van der Waals surface area contributed by atoms with Crippen molar-refractivity contribution >= 4 is 28.1 Å². The Labute approximate surface area is 216 Å². The van der Waals surface area contributed by atoms with Crippen LogP contribution < -0.4 is 5.73 Å². The zero-order chi connectivity index (χ0) is 25.4. The molecule has 0 aliphatic carbocycles. The predicted molar refractivity (Wildman–Crippen MR) is 147 cm³/mol. The van der Waals surface area contributed by atoms with Crippen LogP contribution in [0.1, 0.15) is 32.0 Å². The van der Waals surface area contributed by atoms with Crippen LogP contribution in [0.4, 0.5) is 5.82 Å². The average Bonchev–Trinajstić information content (AvgIpc) is 3.32. The minimum absolute atomic E-state index is 0.242. The number of fused-ring (bicyclic) bond motifs is 2. The van der Waals surface area contributed by atoms with Gasteiger partial charge in [-0.15, -0.1) is 0 Å². The number of anilines is 1. The van der Waals surface area contributed by atoms with Crippen molar-refractivity contribution in [1.82, 2.24) is 24.3 Å². The molecule has 0 unspecified atom stereocenters. The monoisotopic (exact) mass is 490 g/mol. The normalized spacial score (nSPS) is 14.5. The van der Waals surface area contributed by atoms with Crippen LogP contribution in [0.2, 0.25) is 0 Å². The van der Waals surface area contributed by atoms with Crippen molar-refractivity contribution in [2.75, 3.05) is 18.8 Å². The SMILES string of the molecule is CCC(=O)N1CCC(Cc2nc(-c3ccc4ccc(-c5ccccc5)nc4c3)c3c(N)nccn23)CC1. The summed E-state index contributed by atoms with van der Waals surface area (Å²) < 4.78 is 2.08. The number of imidazole rings is 1. The van der Waals surface area contributed by atoms with Crippen molar-refractivity contribution in [2.24, 2.45) is 5.92 Å². The van der Waals surface area contributed by atoms with Gasteiger partial charge in [-0.05, 0) is 30.9 Å². The van der Waals surface area contributed by atoms with Gasteiger partial charge in [0, 0.05) is 54.8 Å². The topological polar surface area (TPSA) is 89.4 Å². The highest BCUT2D eigenvalue weighted by Gasteiger charge is 2.25. The van der Waals surface area contributed by atoms with E-state index in [1.165, 1.54) is 0 Å². The van der Waals surface area contributed by atoms with E-state index in [0.717, 1.165) is 77.1 Å². The number of carbonyl (C=O) groups is 1. The van der Waals surface area contributed by atoms with Gasteiger partial charge in [-0.2, -0.15) is 0 Å². The Morgan fingerprint density at radius 3 is 2.57 bits per heavy atom. The highest BCUT2D eigenvalue weighted by molar-refractivity contribution is 5.91. The van der Waals surface area contributed by atoms with E-state index in [1.807, 2.05) is 36.2 Å². The van der Waals surface area contributed by atoms with Crippen LogP contribution in [0, 0.1) is 5.92 Å². The van der Waals surface area contributed by atoms with Crippen LogP contribution >= 0.6 is 0 Å². The molecule has 0 atom stereocenters. The molecule has 186 valence electrons. The number of piperidine rings is 1. The maximum atomic E-state index is 12.1. The number of nitrogens with two attached hydrogens (primary N) is 1. The number of rotatable bonds is 5. The molecule has 0 saturated carbocycles. The van der Waals surface area contributed by atoms with Crippen LogP contribution in [0.5, 0.6) is 0 Å². The van der Waals surface area contributed by atoms with Crippen molar-refractivity contribution in [3.05, 3.63) is 78.9 Å². The zero-order valence-corrected chi connectivity index (χ0v) is 21.0. The Morgan fingerprint density at radius 1 is 1.00 bits per heavy atom. The molecule has 1 amide bonds. The molecule has 37 heavy (non-hydrogen) atoms. The molecule has 1 saturated heterocycles. The van der Waals surface area contributed by atoms with Gasteiger partial charge in [0.05, 0.1) is 11.2 Å². The van der Waals surface area contributed by atoms with Crippen LogP contribution in [0.25, 0.3) is 38.9 Å². The van der Waals surface area contributed by atoms with Gasteiger partial charge in [0.15, 0.2) is 0 Å². The molecular weight excluding hydrogens is 460 g/mol. The lowest BCUT2D eigenvalue weighted by Crippen LogP contribution is -2.38. The lowest BCUT2D eigenvalue weighted by atomic mass is 9.93. The van der Waals surface area contributed by atoms with E-state index < -0.39 is 0 Å². The fourth-order valence-corrected chi connectivity index (χ4v) is 5.37. The number of pyridine rings is 1. The number of carbonyl (C=O) groups excluding carboxylic acids is 1. The molecule has 3 aromatic heterocycles. The minimum Gasteiger partial charge on any atom is -0.382 e. The molecule has 0 spiro atoms. The summed E-state index contributed by atoms with van der Waals surface area (Å²) in [6, 6.07) is 20.6. The van der Waals surface area contributed by atoms with Gasteiger partial charge >= 0.3 is 0 Å². The first-order chi connectivity index (χ1) is 18.1. The van der Waals surface area contributed by atoms with Crippen LogP contribution in [-0.2, 0) is 11.2 Å². The Morgan fingerprint density at radius 2 is 1.78 bits per heavy atom. The lowest BCUT2D eigenvalue weighted by Gasteiger charge is -2.31. The van der Waals surface area contributed by atoms with Gasteiger partial charge in [0.1, 0.15) is 22.9 Å². The smallest absolute Gasteiger partial charge is 0.222 e. The van der Waals surface area contributed by atoms with Gasteiger partial charge in [-0.1, -0.05) is 55.5 Å². The molecule has 6 rings (SSSR count). The summed E-state index contributed by atoms with van der Waals surface area (Å²) in [5.74, 6) is 2.16. The van der Waals surface area contributed by atoms with Crippen molar-refractivity contribution in [3.8, 4) is 22.5 Å². The second kappa shape index (κ2) is 9.65. The summed E-state index contributed by atoms with van der Waals surface area (Å²) in [5.41, 5.74) is 12.0. The van der Waals surface area contributed by atoms with E-state index in [0.29, 0.717) is 18.2 Å². The fourth-order valence-electron chi connectivity index (χ4n) is 5.37. The summed E-state index contributed by atoms with van der Waals surface area (Å²) in [4.78, 5) is 28.5. The molecule has 4 heterocycles. The third-order valence-electron chi connectivity index (χ3n) is 7.43. The summed E-state index contributed by atoms with van der Waals surface area (Å²) in [6.45, 7) is 3.56. The van der Waals surface area contributed by atoms with Gasteiger partial charge in [-0.25, -0.2) is 15.0 Å². The second-order valence-electron chi connectivity index (χ2n) is 9.76. The summed E-state index contributed by atoms with van der Waals surface area (Å²) in [7, 11) is 0. The summed E-state index contributed by atoms with van der Waals surface area (Å²) in [6.07, 6.45) is 7.05. The number of hydrogen-bond acceptors (Lipinski definition) is 5. The number of hydrogen-bond donors (Lipinski definition) is 1. The third-order valence-corrected chi connectivity index (χ3v) is 7.43. The van der Waals surface area contributed by atoms with Crippen molar-refractivity contribution in [1.29, 1.82) is 0 Å². The van der Waals surface area contributed by atoms with E-state index in [9.17, 15) is 4.79 Å². The molecule has 1 fully saturated rings. The van der Waals surface area contributed by atoms with E-state index in [1.54, 1.807) is 6.20 Å². The van der Waals surface area contributed by atoms with Crippen LogP contribution in [-0.4, -0.2) is 43.2 Å². The van der Waals surface area contributed by atoms with E-state index in [4.69, 9.17) is 15.7 Å². The molecule has 7 nitrogen and oxygen atoms in total. The third kappa shape index (κ3) is 4.42. The first kappa shape index (κ1) is 23.2. The number of benzene rings is 2. The number of likely N-dealkylation sites (tertiary alicyclic amines) is 1. The number of aromatic nitrogens is 4. The van der Waals surface area contributed by atoms with Crippen molar-refractivity contribution < 1.29 is 4.79 Å². The lowest BCUT2D eigenvalue weighted by molar-refractivity contribution is -0.132. The molecule has 2 aromatic carbocycles. The highest BCUT2D eigenvalue weighted by atomic mass is 16.2. The summed E-state index contributed by atoms with van der Waals surface area (Å²) >= 11 is 0. The van der Waals surface area contributed by atoms with E-state index >= 15 is 0 Å². The summed E-state index contributed by atoms with van der Waals surface area (Å²) in [5, 5.41) is 1.08. The van der Waals surface area contributed by atoms with Gasteiger partial charge in [0.25, 0.3) is 0 Å². The minimum atomic E-state index is 0.242. The van der Waals surface area contributed by atoms with E-state index in [-0.39, 0.29) is 5.91 Å². The van der Waals surface area contributed by atoms with Crippen molar-refractivity contribution in [2.45, 2.75) is 32.6 Å². The Balaban J connectivity index is 1.36. The molecule has 1 aliphatic rings. The molecule has 7 heteroatoms. The largest absolute Gasteiger partial charge is 0.382 e. The number of amides is 1. The maximum absolute atomic E-state index is 12.1. The number of nitrogens with zero attached hydrogens (tertiary/aromatic N) is 5. The first-order valence-corrected chi connectivity index (χ1v) is 13.0. The molecule has 0 bridgehead atoms. The molecule has 5 aromatic rings. The Hall–Kier alpha value is -4.26. The standard InChI is InChI=1S/C30H30N6O/c1-2-27(37)35-15-12-20(13-16-35)18-26-34-28(29-30(31)32-14-17-36(26)29)23-9-8-22-10-11-24(33-25(22)19-23)21-6-4-3-5-7-21/h3-11,14,17,19-20H,2,12-13,15-16,18H2,1H3,(H2,31,32). The van der Waals surface area contributed by atoms with Gasteiger partial charge in [0.2, 0.25) is 5.91 Å². The first-order valence-electron chi connectivity index (χ1n) is 13.0. The van der Waals surface area contributed by atoms with E-state index in [2.05, 4.69) is 51.8 Å². The van der Waals surface area contributed by atoms with Gasteiger partial charge in [-0.3, -0.25) is 9.20 Å². The highest BCUT2D eigenvalue weighted by Crippen LogP contribution is 2.32. The van der Waals surface area contributed by atoms with Crippen LogP contribution in [0.15, 0.2) is 73.1 Å². The second-order valence-corrected chi connectivity index (χ2v) is 9.76. The maximum Gasteiger partial charge on any atom is 0.222 e. The fraction of sp³-hybridized carbons (Fsp3) is 0.267. The molecule has 0 radical (unpaired) electrons. The zero-order valence-electron chi connectivity index (χ0n) is 21.0. The predicted octanol–water partition coefficient (Wildman–Crippen LogP) is 5.38. The van der Waals surface area contributed by atoms with Crippen molar-refractivity contribution in [3.63, 3.8) is 0 Å². The Bertz CT molecular complexity index is 1580. The van der Waals surface area contributed by atoms with Gasteiger partial charge < -0.3 is 10.6 Å². The average molecular weight is 491 g/mol. The Kier molecular flexibility index (Phi) is 6.04.